The molecule has 1 rings (SSSR count). The van der Waals surface area contributed by atoms with Crippen LogP contribution in [0.3, 0.4) is 0 Å². The van der Waals surface area contributed by atoms with Gasteiger partial charge in [0.2, 0.25) is 0 Å². The standard InChI is InChI=1S/C11H12N2O4S/c1-6(14)16-11(17-7(2)15)9-5-3-4-8(13-9)10(12)18/h3-5,11H,1-2H3,(H2,12,18). The van der Waals surface area contributed by atoms with Crippen molar-refractivity contribution in [2.45, 2.75) is 20.1 Å². The lowest BCUT2D eigenvalue weighted by atomic mass is 10.3. The van der Waals surface area contributed by atoms with E-state index >= 15 is 0 Å². The quantitative estimate of drug-likeness (QED) is 0.491. The summed E-state index contributed by atoms with van der Waals surface area (Å²) in [7, 11) is 0. The summed E-state index contributed by atoms with van der Waals surface area (Å²) in [6.45, 7) is 2.40. The van der Waals surface area contributed by atoms with Crippen molar-refractivity contribution >= 4 is 29.1 Å². The van der Waals surface area contributed by atoms with Gasteiger partial charge in [0.25, 0.3) is 6.29 Å². The number of nitrogens with zero attached hydrogens (tertiary/aromatic N) is 1. The zero-order chi connectivity index (χ0) is 13.7. The van der Waals surface area contributed by atoms with Crippen molar-refractivity contribution in [1.29, 1.82) is 0 Å². The van der Waals surface area contributed by atoms with Gasteiger partial charge in [-0.05, 0) is 12.1 Å². The van der Waals surface area contributed by atoms with Crippen molar-refractivity contribution in [3.8, 4) is 0 Å². The van der Waals surface area contributed by atoms with E-state index in [2.05, 4.69) is 4.98 Å². The third-order valence-electron chi connectivity index (χ3n) is 1.81. The second-order valence-electron chi connectivity index (χ2n) is 3.36. The van der Waals surface area contributed by atoms with Crippen molar-refractivity contribution in [2.24, 2.45) is 5.73 Å². The highest BCUT2D eigenvalue weighted by Crippen LogP contribution is 2.17. The van der Waals surface area contributed by atoms with E-state index in [1.54, 1.807) is 18.2 Å². The van der Waals surface area contributed by atoms with E-state index < -0.39 is 18.2 Å². The fourth-order valence-corrected chi connectivity index (χ4v) is 1.28. The number of pyridine rings is 1. The molecule has 0 atom stereocenters. The summed E-state index contributed by atoms with van der Waals surface area (Å²) in [5.74, 6) is -1.19. The Morgan fingerprint density at radius 3 is 2.28 bits per heavy atom. The van der Waals surface area contributed by atoms with Crippen LogP contribution in [0.2, 0.25) is 0 Å². The molecule has 18 heavy (non-hydrogen) atoms. The first-order valence-electron chi connectivity index (χ1n) is 5.01. The molecule has 1 aromatic rings. The van der Waals surface area contributed by atoms with Crippen LogP contribution in [0.25, 0.3) is 0 Å². The maximum Gasteiger partial charge on any atom is 0.306 e. The lowest BCUT2D eigenvalue weighted by molar-refractivity contribution is -0.187. The van der Waals surface area contributed by atoms with Gasteiger partial charge >= 0.3 is 11.9 Å². The first-order valence-corrected chi connectivity index (χ1v) is 5.42. The summed E-state index contributed by atoms with van der Waals surface area (Å²) in [4.78, 5) is 26.0. The number of thiocarbonyl (C=S) groups is 1. The minimum atomic E-state index is -1.20. The maximum atomic E-state index is 10.9. The minimum absolute atomic E-state index is 0.0984. The third kappa shape index (κ3) is 4.10. The van der Waals surface area contributed by atoms with Crippen LogP contribution in [0.5, 0.6) is 0 Å². The average Bonchev–Trinajstić information content (AvgIpc) is 2.27. The van der Waals surface area contributed by atoms with Gasteiger partial charge in [0.05, 0.1) is 5.69 Å². The van der Waals surface area contributed by atoms with Gasteiger partial charge in [0.1, 0.15) is 10.7 Å². The van der Waals surface area contributed by atoms with Gasteiger partial charge in [0.15, 0.2) is 0 Å². The summed E-state index contributed by atoms with van der Waals surface area (Å²) < 4.78 is 9.71. The molecular formula is C11H12N2O4S. The molecule has 0 spiro atoms. The number of carbonyl (C=O) groups is 2. The fourth-order valence-electron chi connectivity index (χ4n) is 1.17. The predicted molar refractivity (Wildman–Crippen MR) is 66.4 cm³/mol. The predicted octanol–water partition coefficient (Wildman–Crippen LogP) is 0.841. The van der Waals surface area contributed by atoms with E-state index in [4.69, 9.17) is 27.4 Å². The van der Waals surface area contributed by atoms with Crippen LogP contribution in [0, 0.1) is 0 Å². The van der Waals surface area contributed by atoms with Crippen LogP contribution in [-0.2, 0) is 19.1 Å². The summed E-state index contributed by atoms with van der Waals surface area (Å²) >= 11 is 4.78. The Labute approximate surface area is 109 Å². The van der Waals surface area contributed by atoms with E-state index in [1.165, 1.54) is 13.8 Å². The van der Waals surface area contributed by atoms with E-state index in [-0.39, 0.29) is 10.7 Å². The normalized spacial score (nSPS) is 9.94. The molecule has 0 aliphatic carbocycles. The Kier molecular flexibility index (Phi) is 4.73. The second-order valence-corrected chi connectivity index (χ2v) is 3.80. The number of hydrogen-bond acceptors (Lipinski definition) is 6. The summed E-state index contributed by atoms with van der Waals surface area (Å²) in [6, 6.07) is 4.76. The molecule has 2 N–H and O–H groups in total. The Morgan fingerprint density at radius 2 is 1.83 bits per heavy atom. The topological polar surface area (TPSA) is 91.5 Å². The SMILES string of the molecule is CC(=O)OC(OC(C)=O)c1cccc(C(N)=S)n1. The molecular weight excluding hydrogens is 256 g/mol. The number of rotatable bonds is 4. The Morgan fingerprint density at radius 1 is 1.28 bits per heavy atom. The van der Waals surface area contributed by atoms with Crippen molar-refractivity contribution in [1.82, 2.24) is 4.98 Å². The molecule has 0 aliphatic rings. The zero-order valence-electron chi connectivity index (χ0n) is 9.88. The van der Waals surface area contributed by atoms with E-state index in [0.29, 0.717) is 5.69 Å². The van der Waals surface area contributed by atoms with E-state index in [1.807, 2.05) is 0 Å². The summed E-state index contributed by atoms with van der Waals surface area (Å²) in [5, 5.41) is 0. The van der Waals surface area contributed by atoms with Gasteiger partial charge in [-0.2, -0.15) is 0 Å². The van der Waals surface area contributed by atoms with Crippen molar-refractivity contribution in [2.75, 3.05) is 0 Å². The van der Waals surface area contributed by atoms with Gasteiger partial charge in [-0.25, -0.2) is 4.98 Å². The number of aromatic nitrogens is 1. The molecule has 0 saturated heterocycles. The van der Waals surface area contributed by atoms with Crippen molar-refractivity contribution in [3.05, 3.63) is 29.6 Å². The highest BCUT2D eigenvalue weighted by molar-refractivity contribution is 7.80. The van der Waals surface area contributed by atoms with Gasteiger partial charge < -0.3 is 15.2 Å². The van der Waals surface area contributed by atoms with Crippen LogP contribution in [0.1, 0.15) is 31.5 Å². The highest BCUT2D eigenvalue weighted by atomic mass is 32.1. The van der Waals surface area contributed by atoms with Crippen LogP contribution in [0.15, 0.2) is 18.2 Å². The Bertz CT molecular complexity index is 474. The first kappa shape index (κ1) is 14.0. The molecule has 1 aromatic heterocycles. The molecule has 7 heteroatoms. The van der Waals surface area contributed by atoms with E-state index in [0.717, 1.165) is 0 Å². The molecule has 0 saturated carbocycles. The van der Waals surface area contributed by atoms with Crippen molar-refractivity contribution < 1.29 is 19.1 Å². The number of esters is 2. The first-order chi connectivity index (χ1) is 8.40. The monoisotopic (exact) mass is 268 g/mol. The molecule has 0 aromatic carbocycles. The van der Waals surface area contributed by atoms with Crippen LogP contribution in [0.4, 0.5) is 0 Å². The van der Waals surface area contributed by atoms with Crippen LogP contribution >= 0.6 is 12.2 Å². The lowest BCUT2D eigenvalue weighted by Crippen LogP contribution is -2.18. The molecule has 0 fully saturated rings. The summed E-state index contributed by atoms with van der Waals surface area (Å²) in [5.41, 5.74) is 6.03. The zero-order valence-corrected chi connectivity index (χ0v) is 10.7. The van der Waals surface area contributed by atoms with Gasteiger partial charge in [0, 0.05) is 13.8 Å². The van der Waals surface area contributed by atoms with E-state index in [9.17, 15) is 9.59 Å². The van der Waals surface area contributed by atoms with Crippen LogP contribution in [-0.4, -0.2) is 21.9 Å². The Balaban J connectivity index is 3.03. The smallest absolute Gasteiger partial charge is 0.306 e. The largest absolute Gasteiger partial charge is 0.419 e. The van der Waals surface area contributed by atoms with Gasteiger partial charge in [-0.15, -0.1) is 0 Å². The molecule has 0 unspecified atom stereocenters. The van der Waals surface area contributed by atoms with Gasteiger partial charge in [-0.3, -0.25) is 9.59 Å². The van der Waals surface area contributed by atoms with Crippen molar-refractivity contribution in [3.63, 3.8) is 0 Å². The minimum Gasteiger partial charge on any atom is -0.419 e. The molecule has 96 valence electrons. The Hall–Kier alpha value is -2.02. The molecule has 0 aliphatic heterocycles. The highest BCUT2D eigenvalue weighted by Gasteiger charge is 2.20. The fraction of sp³-hybridized carbons (Fsp3) is 0.273. The van der Waals surface area contributed by atoms with Gasteiger partial charge in [-0.1, -0.05) is 18.3 Å². The molecule has 0 amide bonds. The third-order valence-corrected chi connectivity index (χ3v) is 2.02. The number of carbonyl (C=O) groups excluding carboxylic acids is 2. The average molecular weight is 268 g/mol. The maximum absolute atomic E-state index is 10.9. The molecule has 0 radical (unpaired) electrons. The number of hydrogen-bond donors (Lipinski definition) is 1. The lowest BCUT2D eigenvalue weighted by Gasteiger charge is -2.16. The summed E-state index contributed by atoms with van der Waals surface area (Å²) in [6.07, 6.45) is -1.20. The number of nitrogens with two attached hydrogens (primary N) is 1. The molecule has 0 bridgehead atoms. The molecule has 6 nitrogen and oxygen atoms in total. The second kappa shape index (κ2) is 6.06. The number of ether oxygens (including phenoxy) is 2. The molecule has 1 heterocycles. The van der Waals surface area contributed by atoms with Crippen LogP contribution < -0.4 is 5.73 Å².